The molecule has 0 aliphatic carbocycles. The van der Waals surface area contributed by atoms with Crippen molar-refractivity contribution in [2.24, 2.45) is 0 Å². The van der Waals surface area contributed by atoms with E-state index >= 15 is 0 Å². The normalized spacial score (nSPS) is 11.3. The van der Waals surface area contributed by atoms with E-state index in [2.05, 4.69) is 15.0 Å². The Bertz CT molecular complexity index is 1030. The monoisotopic (exact) mass is 401 g/mol. The fourth-order valence-corrected chi connectivity index (χ4v) is 4.25. The number of aromatic nitrogens is 1. The molecule has 0 saturated carbocycles. The number of carbonyl (C=O) groups is 1. The summed E-state index contributed by atoms with van der Waals surface area (Å²) in [5, 5.41) is 4.69. The average molecular weight is 402 g/mol. The van der Waals surface area contributed by atoms with Gasteiger partial charge < -0.3 is 5.32 Å². The summed E-state index contributed by atoms with van der Waals surface area (Å²) in [7, 11) is -3.72. The molecule has 0 spiro atoms. The maximum Gasteiger partial charge on any atom is 0.241 e. The number of nitrogens with zero attached hydrogens (tertiary/aromatic N) is 1. The van der Waals surface area contributed by atoms with E-state index in [4.69, 9.17) is 0 Å². The molecule has 2 aromatic heterocycles. The van der Waals surface area contributed by atoms with Crippen molar-refractivity contribution < 1.29 is 13.2 Å². The number of rotatable bonds is 7. The molecule has 27 heavy (non-hydrogen) atoms. The second kappa shape index (κ2) is 8.43. The SMILES string of the molecule is Cc1cccc(S(=O)(=O)NCC(=O)NCc2cncc(-c3cccs3)c2)c1. The highest BCUT2D eigenvalue weighted by Gasteiger charge is 2.15. The molecule has 140 valence electrons. The van der Waals surface area contributed by atoms with Gasteiger partial charge in [-0.25, -0.2) is 13.1 Å². The second-order valence-corrected chi connectivity index (χ2v) is 8.69. The predicted molar refractivity (Wildman–Crippen MR) is 106 cm³/mol. The minimum absolute atomic E-state index is 0.142. The van der Waals surface area contributed by atoms with Crippen LogP contribution in [0.15, 0.2) is 65.1 Å². The third kappa shape index (κ3) is 5.22. The lowest BCUT2D eigenvalue weighted by molar-refractivity contribution is -0.120. The Kier molecular flexibility index (Phi) is 6.00. The Hall–Kier alpha value is -2.55. The Labute approximate surface area is 162 Å². The third-order valence-electron chi connectivity index (χ3n) is 3.81. The molecule has 1 aromatic carbocycles. The minimum atomic E-state index is -3.72. The van der Waals surface area contributed by atoms with Gasteiger partial charge in [0.2, 0.25) is 15.9 Å². The summed E-state index contributed by atoms with van der Waals surface area (Å²) in [5.41, 5.74) is 2.66. The molecule has 2 N–H and O–H groups in total. The first-order chi connectivity index (χ1) is 12.9. The maximum absolute atomic E-state index is 12.2. The number of aryl methyl sites for hydroxylation is 1. The van der Waals surface area contributed by atoms with E-state index in [-0.39, 0.29) is 18.0 Å². The number of hydrogen-bond acceptors (Lipinski definition) is 5. The number of pyridine rings is 1. The molecule has 3 rings (SSSR count). The van der Waals surface area contributed by atoms with Crippen molar-refractivity contribution >= 4 is 27.3 Å². The van der Waals surface area contributed by atoms with Crippen molar-refractivity contribution in [3.8, 4) is 10.4 Å². The van der Waals surface area contributed by atoms with Crippen LogP contribution in [0.4, 0.5) is 0 Å². The number of sulfonamides is 1. The number of benzene rings is 1. The second-order valence-electron chi connectivity index (χ2n) is 5.98. The van der Waals surface area contributed by atoms with Crippen LogP contribution in [-0.2, 0) is 21.4 Å². The molecule has 2 heterocycles. The molecule has 1 amide bonds. The first-order valence-corrected chi connectivity index (χ1v) is 10.6. The molecular formula is C19H19N3O3S2. The van der Waals surface area contributed by atoms with Gasteiger partial charge in [-0.05, 0) is 47.7 Å². The number of hydrogen-bond donors (Lipinski definition) is 2. The van der Waals surface area contributed by atoms with E-state index in [1.807, 2.05) is 36.6 Å². The fourth-order valence-electron chi connectivity index (χ4n) is 2.45. The van der Waals surface area contributed by atoms with Gasteiger partial charge >= 0.3 is 0 Å². The number of nitrogens with one attached hydrogen (secondary N) is 2. The molecule has 0 aliphatic rings. The third-order valence-corrected chi connectivity index (χ3v) is 6.13. The zero-order chi connectivity index (χ0) is 19.3. The van der Waals surface area contributed by atoms with E-state index in [1.54, 1.807) is 35.9 Å². The highest BCUT2D eigenvalue weighted by atomic mass is 32.2. The number of amides is 1. The number of thiophene rings is 1. The lowest BCUT2D eigenvalue weighted by atomic mass is 10.2. The molecule has 0 saturated heterocycles. The van der Waals surface area contributed by atoms with E-state index in [0.717, 1.165) is 21.6 Å². The smallest absolute Gasteiger partial charge is 0.241 e. The molecule has 0 unspecified atom stereocenters. The maximum atomic E-state index is 12.2. The fraction of sp³-hybridized carbons (Fsp3) is 0.158. The zero-order valence-corrected chi connectivity index (χ0v) is 16.3. The van der Waals surface area contributed by atoms with Crippen LogP contribution in [0.2, 0.25) is 0 Å². The predicted octanol–water partition coefficient (Wildman–Crippen LogP) is 2.71. The van der Waals surface area contributed by atoms with E-state index in [9.17, 15) is 13.2 Å². The molecule has 0 atom stereocenters. The van der Waals surface area contributed by atoms with Crippen LogP contribution in [0.25, 0.3) is 10.4 Å². The van der Waals surface area contributed by atoms with Crippen molar-refractivity contribution in [3.05, 3.63) is 71.4 Å². The van der Waals surface area contributed by atoms with Crippen LogP contribution >= 0.6 is 11.3 Å². The largest absolute Gasteiger partial charge is 0.351 e. The minimum Gasteiger partial charge on any atom is -0.351 e. The summed E-state index contributed by atoms with van der Waals surface area (Å²) in [6, 6.07) is 12.5. The van der Waals surface area contributed by atoms with Crippen LogP contribution in [-0.4, -0.2) is 25.9 Å². The van der Waals surface area contributed by atoms with Gasteiger partial charge in [-0.15, -0.1) is 11.3 Å². The highest BCUT2D eigenvalue weighted by molar-refractivity contribution is 7.89. The van der Waals surface area contributed by atoms with E-state index in [0.29, 0.717) is 0 Å². The Morgan fingerprint density at radius 1 is 1.15 bits per heavy atom. The van der Waals surface area contributed by atoms with Gasteiger partial charge in [0, 0.05) is 29.4 Å². The molecular weight excluding hydrogens is 382 g/mol. The average Bonchev–Trinajstić information content (AvgIpc) is 3.20. The summed E-state index contributed by atoms with van der Waals surface area (Å²) in [6.45, 7) is 1.76. The molecule has 3 aromatic rings. The van der Waals surface area contributed by atoms with Gasteiger partial charge in [0.15, 0.2) is 0 Å². The van der Waals surface area contributed by atoms with Crippen molar-refractivity contribution in [2.45, 2.75) is 18.4 Å². The zero-order valence-electron chi connectivity index (χ0n) is 14.7. The van der Waals surface area contributed by atoms with E-state index < -0.39 is 15.9 Å². The van der Waals surface area contributed by atoms with Gasteiger partial charge in [-0.2, -0.15) is 0 Å². The van der Waals surface area contributed by atoms with Gasteiger partial charge in [-0.3, -0.25) is 9.78 Å². The van der Waals surface area contributed by atoms with Gasteiger partial charge in [-0.1, -0.05) is 18.2 Å². The quantitative estimate of drug-likeness (QED) is 0.637. The van der Waals surface area contributed by atoms with Crippen molar-refractivity contribution in [3.63, 3.8) is 0 Å². The van der Waals surface area contributed by atoms with Crippen LogP contribution in [0.1, 0.15) is 11.1 Å². The highest BCUT2D eigenvalue weighted by Crippen LogP contribution is 2.24. The standard InChI is InChI=1S/C19H19N3O3S2/c1-14-4-2-5-17(8-14)27(24,25)22-13-19(23)21-11-15-9-16(12-20-10-15)18-6-3-7-26-18/h2-10,12,22H,11,13H2,1H3,(H,21,23). The Morgan fingerprint density at radius 3 is 2.74 bits per heavy atom. The summed E-state index contributed by atoms with van der Waals surface area (Å²) >= 11 is 1.61. The first-order valence-electron chi connectivity index (χ1n) is 8.25. The summed E-state index contributed by atoms with van der Waals surface area (Å²) in [6.07, 6.45) is 3.45. The number of carbonyl (C=O) groups excluding carboxylic acids is 1. The molecule has 0 fully saturated rings. The lowest BCUT2D eigenvalue weighted by Gasteiger charge is -2.09. The van der Waals surface area contributed by atoms with Crippen LogP contribution < -0.4 is 10.0 Å². The van der Waals surface area contributed by atoms with Crippen LogP contribution in [0, 0.1) is 6.92 Å². The summed E-state index contributed by atoms with van der Waals surface area (Å²) in [4.78, 5) is 17.5. The molecule has 6 nitrogen and oxygen atoms in total. The first kappa shape index (κ1) is 19.2. The molecule has 0 aliphatic heterocycles. The van der Waals surface area contributed by atoms with Crippen molar-refractivity contribution in [1.82, 2.24) is 15.0 Å². The topological polar surface area (TPSA) is 88.2 Å². The Balaban J connectivity index is 1.55. The van der Waals surface area contributed by atoms with Crippen LogP contribution in [0.5, 0.6) is 0 Å². The summed E-state index contributed by atoms with van der Waals surface area (Å²) < 4.78 is 26.8. The molecule has 0 bridgehead atoms. The van der Waals surface area contributed by atoms with Crippen LogP contribution in [0.3, 0.4) is 0 Å². The van der Waals surface area contributed by atoms with Crippen molar-refractivity contribution in [1.29, 1.82) is 0 Å². The van der Waals surface area contributed by atoms with Gasteiger partial charge in [0.25, 0.3) is 0 Å². The van der Waals surface area contributed by atoms with Gasteiger partial charge in [0.05, 0.1) is 11.4 Å². The van der Waals surface area contributed by atoms with E-state index in [1.165, 1.54) is 6.07 Å². The summed E-state index contributed by atoms with van der Waals surface area (Å²) in [5.74, 6) is -0.409. The van der Waals surface area contributed by atoms with Crippen molar-refractivity contribution in [2.75, 3.05) is 6.54 Å². The molecule has 8 heteroatoms. The van der Waals surface area contributed by atoms with Gasteiger partial charge in [0.1, 0.15) is 0 Å². The molecule has 0 radical (unpaired) electrons. The lowest BCUT2D eigenvalue weighted by Crippen LogP contribution is -2.36. The Morgan fingerprint density at radius 2 is 2.00 bits per heavy atom.